The Hall–Kier alpha value is -3.44. The number of nitrogens with zero attached hydrogens (tertiary/aromatic N) is 4. The Labute approximate surface area is 156 Å². The van der Waals surface area contributed by atoms with Gasteiger partial charge in [-0.05, 0) is 78.8 Å². The first kappa shape index (κ1) is 15.8. The van der Waals surface area contributed by atoms with Crippen molar-refractivity contribution in [2.75, 3.05) is 6.61 Å². The minimum absolute atomic E-state index is 0.0813. The fourth-order valence-electron chi connectivity index (χ4n) is 3.28. The van der Waals surface area contributed by atoms with Crippen molar-refractivity contribution in [2.45, 2.75) is 6.42 Å². The van der Waals surface area contributed by atoms with Crippen molar-refractivity contribution in [3.05, 3.63) is 95.2 Å². The molecule has 0 aromatic carbocycles. The molecule has 27 heavy (non-hydrogen) atoms. The van der Waals surface area contributed by atoms with Gasteiger partial charge in [-0.15, -0.1) is 0 Å². The predicted molar refractivity (Wildman–Crippen MR) is 109 cm³/mol. The van der Waals surface area contributed by atoms with E-state index in [9.17, 15) is 5.11 Å². The Morgan fingerprint density at radius 1 is 0.556 bits per heavy atom. The summed E-state index contributed by atoms with van der Waals surface area (Å²) < 4.78 is 0. The summed E-state index contributed by atoms with van der Waals surface area (Å²) in [5.41, 5.74) is 7.80. The number of hydrogen-bond acceptors (Lipinski definition) is 5. The average Bonchev–Trinajstić information content (AvgIpc) is 3.41. The van der Waals surface area contributed by atoms with E-state index >= 15 is 0 Å². The summed E-state index contributed by atoms with van der Waals surface area (Å²) in [4.78, 5) is 18.6. The number of aliphatic hydroxyl groups is 1. The van der Waals surface area contributed by atoms with E-state index in [1.165, 1.54) is 0 Å². The van der Waals surface area contributed by atoms with E-state index in [2.05, 4.69) is 15.0 Å². The molecule has 0 aromatic heterocycles. The Morgan fingerprint density at radius 3 is 1.63 bits per heavy atom. The highest BCUT2D eigenvalue weighted by molar-refractivity contribution is 6.16. The molecule has 0 spiro atoms. The highest BCUT2D eigenvalue weighted by Crippen LogP contribution is 2.24. The number of allylic oxidation sites excluding steroid dienone is 11. The van der Waals surface area contributed by atoms with Crippen molar-refractivity contribution in [3.8, 4) is 0 Å². The maximum Gasteiger partial charge on any atom is 0.0692 e. The van der Waals surface area contributed by atoms with Crippen molar-refractivity contribution in [1.29, 1.82) is 0 Å². The second-order valence-corrected chi connectivity index (χ2v) is 6.53. The molecule has 5 aliphatic heterocycles. The molecule has 8 bridgehead atoms. The standard InChI is InChI=1S/C22H16N4O/c27-8-7-14-9-21-12-19-4-3-17(24-19)10-15-1-2-16(23-15)11-18-5-6-20(25-18)13-22(14)26-21/h1-6,9-13,27H,7-8H2. The topological polar surface area (TPSA) is 69.7 Å². The summed E-state index contributed by atoms with van der Waals surface area (Å²) in [6.45, 7) is 0.0813. The van der Waals surface area contributed by atoms with Crippen molar-refractivity contribution in [1.82, 2.24) is 0 Å². The van der Waals surface area contributed by atoms with E-state index in [-0.39, 0.29) is 6.61 Å². The van der Waals surface area contributed by atoms with E-state index in [4.69, 9.17) is 4.99 Å². The second-order valence-electron chi connectivity index (χ2n) is 6.53. The number of aliphatic hydroxyl groups excluding tert-OH is 1. The van der Waals surface area contributed by atoms with Gasteiger partial charge < -0.3 is 5.11 Å². The molecule has 5 heteroatoms. The maximum atomic E-state index is 9.38. The normalized spacial score (nSPS) is 21.9. The van der Waals surface area contributed by atoms with Crippen molar-refractivity contribution in [2.24, 2.45) is 20.0 Å². The molecule has 0 radical (unpaired) electrons. The number of aliphatic imine (C=N–C) groups is 4. The van der Waals surface area contributed by atoms with E-state index in [0.29, 0.717) is 6.42 Å². The van der Waals surface area contributed by atoms with Crippen LogP contribution in [0.2, 0.25) is 0 Å². The van der Waals surface area contributed by atoms with Crippen LogP contribution in [0.1, 0.15) is 6.42 Å². The largest absolute Gasteiger partial charge is 0.396 e. The van der Waals surface area contributed by atoms with Crippen molar-refractivity contribution < 1.29 is 5.11 Å². The highest BCUT2D eigenvalue weighted by atomic mass is 16.3. The second kappa shape index (κ2) is 6.37. The molecule has 5 heterocycles. The highest BCUT2D eigenvalue weighted by Gasteiger charge is 2.16. The van der Waals surface area contributed by atoms with Crippen LogP contribution in [-0.4, -0.2) is 34.6 Å². The zero-order valence-electron chi connectivity index (χ0n) is 14.5. The third-order valence-corrected chi connectivity index (χ3v) is 4.50. The Bertz CT molecular complexity index is 1110. The average molecular weight is 352 g/mol. The lowest BCUT2D eigenvalue weighted by molar-refractivity contribution is 0.301. The van der Waals surface area contributed by atoms with E-state index in [0.717, 1.165) is 51.2 Å². The van der Waals surface area contributed by atoms with Crippen LogP contribution in [0.4, 0.5) is 0 Å². The van der Waals surface area contributed by atoms with Crippen LogP contribution in [0, 0.1) is 0 Å². The third kappa shape index (κ3) is 3.20. The quantitative estimate of drug-likeness (QED) is 0.814. The summed E-state index contributed by atoms with van der Waals surface area (Å²) in [6, 6.07) is 0. The predicted octanol–water partition coefficient (Wildman–Crippen LogP) is 3.33. The molecule has 130 valence electrons. The van der Waals surface area contributed by atoms with Gasteiger partial charge in [0.25, 0.3) is 0 Å². The van der Waals surface area contributed by atoms with E-state index in [1.54, 1.807) is 0 Å². The van der Waals surface area contributed by atoms with Crippen LogP contribution in [0.25, 0.3) is 0 Å². The fraction of sp³-hybridized carbons (Fsp3) is 0.0909. The van der Waals surface area contributed by atoms with Gasteiger partial charge in [0, 0.05) is 6.61 Å². The molecule has 0 saturated heterocycles. The zero-order valence-corrected chi connectivity index (χ0v) is 14.5. The summed E-state index contributed by atoms with van der Waals surface area (Å²) in [7, 11) is 0. The lowest BCUT2D eigenvalue weighted by Gasteiger charge is -2.00. The molecule has 0 saturated carbocycles. The molecular formula is C22H16N4O. The Kier molecular flexibility index (Phi) is 3.73. The number of hydrogen-bond donors (Lipinski definition) is 1. The molecule has 5 nitrogen and oxygen atoms in total. The van der Waals surface area contributed by atoms with Crippen LogP contribution in [0.3, 0.4) is 0 Å². The van der Waals surface area contributed by atoms with Gasteiger partial charge in [0.2, 0.25) is 0 Å². The summed E-state index contributed by atoms with van der Waals surface area (Å²) in [5.74, 6) is 0. The molecule has 0 fully saturated rings. The third-order valence-electron chi connectivity index (χ3n) is 4.50. The lowest BCUT2D eigenvalue weighted by atomic mass is 10.1. The first-order chi connectivity index (χ1) is 13.2. The Balaban J connectivity index is 1.64. The van der Waals surface area contributed by atoms with Gasteiger partial charge in [-0.3, -0.25) is 0 Å². The van der Waals surface area contributed by atoms with Gasteiger partial charge in [-0.1, -0.05) is 0 Å². The fourth-order valence-corrected chi connectivity index (χ4v) is 3.28. The molecule has 0 amide bonds. The Morgan fingerprint density at radius 2 is 1.07 bits per heavy atom. The first-order valence-electron chi connectivity index (χ1n) is 8.83. The molecule has 0 aromatic rings. The van der Waals surface area contributed by atoms with Crippen LogP contribution >= 0.6 is 0 Å². The zero-order chi connectivity index (χ0) is 18.2. The van der Waals surface area contributed by atoms with Gasteiger partial charge in [-0.25, -0.2) is 20.0 Å². The van der Waals surface area contributed by atoms with Gasteiger partial charge in [0.15, 0.2) is 0 Å². The molecule has 0 aliphatic carbocycles. The molecule has 0 unspecified atom stereocenters. The molecule has 5 rings (SSSR count). The van der Waals surface area contributed by atoms with Crippen LogP contribution < -0.4 is 0 Å². The van der Waals surface area contributed by atoms with Gasteiger partial charge in [0.05, 0.1) is 45.6 Å². The number of rotatable bonds is 2. The van der Waals surface area contributed by atoms with E-state index in [1.807, 2.05) is 66.8 Å². The SMILES string of the molecule is OCCC1=CC2=CC3=NC(=CC4=NC(=CC5=NC(=CC1=N2)C=C5)C=C4)C=C3. The number of fused-ring (bicyclic) bond motifs is 4. The van der Waals surface area contributed by atoms with Crippen LogP contribution in [0.5, 0.6) is 0 Å². The smallest absolute Gasteiger partial charge is 0.0692 e. The molecule has 5 aliphatic rings. The van der Waals surface area contributed by atoms with Crippen molar-refractivity contribution >= 4 is 22.8 Å². The van der Waals surface area contributed by atoms with Crippen molar-refractivity contribution in [3.63, 3.8) is 0 Å². The van der Waals surface area contributed by atoms with Crippen LogP contribution in [-0.2, 0) is 0 Å². The maximum absolute atomic E-state index is 9.38. The summed E-state index contributed by atoms with van der Waals surface area (Å²) in [5, 5.41) is 9.38. The minimum atomic E-state index is 0.0813. The van der Waals surface area contributed by atoms with Crippen LogP contribution in [0.15, 0.2) is 115 Å². The minimum Gasteiger partial charge on any atom is -0.396 e. The van der Waals surface area contributed by atoms with E-state index < -0.39 is 0 Å². The van der Waals surface area contributed by atoms with Gasteiger partial charge >= 0.3 is 0 Å². The summed E-state index contributed by atoms with van der Waals surface area (Å²) in [6.07, 6.45) is 22.2. The first-order valence-corrected chi connectivity index (χ1v) is 8.83. The van der Waals surface area contributed by atoms with Gasteiger partial charge in [0.1, 0.15) is 0 Å². The molecular weight excluding hydrogens is 336 g/mol. The lowest BCUT2D eigenvalue weighted by Crippen LogP contribution is -1.99. The summed E-state index contributed by atoms with van der Waals surface area (Å²) >= 11 is 0. The molecule has 1 N–H and O–H groups in total. The van der Waals surface area contributed by atoms with Gasteiger partial charge in [-0.2, -0.15) is 0 Å². The monoisotopic (exact) mass is 352 g/mol. The molecule has 0 atom stereocenters.